The number of nitro groups is 2. The van der Waals surface area contributed by atoms with Crippen LogP contribution in [-0.4, -0.2) is 22.8 Å². The highest BCUT2D eigenvalue weighted by Crippen LogP contribution is 2.39. The molecule has 2 rings (SSSR count). The fraction of sp³-hybridized carbons (Fsp3) is 0. The first kappa shape index (κ1) is 14.6. The summed E-state index contributed by atoms with van der Waals surface area (Å²) in [4.78, 5) is 18.7. The Balaban J connectivity index is 2.99. The third-order valence-corrected chi connectivity index (χ3v) is 3.53. The lowest BCUT2D eigenvalue weighted by Gasteiger charge is -2.14. The number of hydrogen-bond acceptors (Lipinski definition) is 8. The van der Waals surface area contributed by atoms with E-state index in [-0.39, 0.29) is 5.39 Å². The molecule has 0 aromatic heterocycles. The monoisotopic (exact) mass is 312 g/mol. The smallest absolute Gasteiger partial charge is 0.284 e. The van der Waals surface area contributed by atoms with E-state index in [1.54, 1.807) is 0 Å². The van der Waals surface area contributed by atoms with Crippen molar-refractivity contribution < 1.29 is 27.9 Å². The minimum Gasteiger partial charge on any atom is -0.867 e. The van der Waals surface area contributed by atoms with Gasteiger partial charge in [0.2, 0.25) is 0 Å². The second-order valence-corrected chi connectivity index (χ2v) is 5.30. The Hall–Kier alpha value is -2.79. The highest BCUT2D eigenvalue weighted by molar-refractivity contribution is 7.85. The molecule has 0 heterocycles. The zero-order chi connectivity index (χ0) is 15.9. The van der Waals surface area contributed by atoms with Crippen LogP contribution in [0.5, 0.6) is 5.75 Å². The van der Waals surface area contributed by atoms with Gasteiger partial charge in [-0.05, 0) is 29.3 Å². The molecule has 2 aromatic rings. The zero-order valence-corrected chi connectivity index (χ0v) is 10.7. The van der Waals surface area contributed by atoms with Gasteiger partial charge in [-0.2, -0.15) is 0 Å². The van der Waals surface area contributed by atoms with E-state index < -0.39 is 47.4 Å². The fourth-order valence-corrected chi connectivity index (χ4v) is 2.28. The van der Waals surface area contributed by atoms with Crippen molar-refractivity contribution in [2.75, 3.05) is 0 Å². The summed E-state index contributed by atoms with van der Waals surface area (Å²) in [6, 6.07) is 2.78. The summed E-state index contributed by atoms with van der Waals surface area (Å²) in [6.07, 6.45) is 0. The molecule has 10 nitrogen and oxygen atoms in total. The molecule has 0 saturated carbocycles. The number of nitro benzene ring substituents is 2. The maximum absolute atomic E-state index is 11.9. The van der Waals surface area contributed by atoms with Crippen LogP contribution in [0.3, 0.4) is 0 Å². The lowest BCUT2D eigenvalue weighted by molar-refractivity contribution is -0.402. The Kier molecular flexibility index (Phi) is 3.23. The van der Waals surface area contributed by atoms with Crippen LogP contribution in [0.15, 0.2) is 29.2 Å². The molecule has 0 fully saturated rings. The van der Waals surface area contributed by atoms with Gasteiger partial charge in [-0.25, -0.2) is 8.42 Å². The molecular weight excluding hydrogens is 308 g/mol. The van der Waals surface area contributed by atoms with Crippen molar-refractivity contribution in [2.24, 2.45) is 0 Å². The van der Waals surface area contributed by atoms with Crippen LogP contribution >= 0.6 is 0 Å². The Labute approximate surface area is 116 Å². The first-order chi connectivity index (χ1) is 9.62. The molecule has 0 unspecified atom stereocenters. The van der Waals surface area contributed by atoms with Crippen molar-refractivity contribution in [1.82, 2.24) is 0 Å². The molecule has 0 amide bonds. The number of hydrogen-bond donors (Lipinski definition) is 0. The Morgan fingerprint density at radius 3 is 1.95 bits per heavy atom. The summed E-state index contributed by atoms with van der Waals surface area (Å²) in [6.45, 7) is 0. The first-order valence-electron chi connectivity index (χ1n) is 5.15. The van der Waals surface area contributed by atoms with Gasteiger partial charge >= 0.3 is 0 Å². The van der Waals surface area contributed by atoms with Gasteiger partial charge in [0, 0.05) is 0 Å². The largest absolute Gasteiger partial charge is 0.867 e. The molecule has 0 bridgehead atoms. The molecule has 0 radical (unpaired) electrons. The third-order valence-electron chi connectivity index (χ3n) is 2.70. The lowest BCUT2D eigenvalue weighted by Crippen LogP contribution is -2.03. The van der Waals surface area contributed by atoms with Crippen LogP contribution in [0, 0.1) is 20.2 Å². The number of non-ortho nitro benzene ring substituents is 1. The van der Waals surface area contributed by atoms with Crippen LogP contribution in [0.2, 0.25) is 0 Å². The van der Waals surface area contributed by atoms with Gasteiger partial charge in [-0.15, -0.1) is 0 Å². The molecule has 0 saturated heterocycles. The lowest BCUT2D eigenvalue weighted by atomic mass is 10.1. The van der Waals surface area contributed by atoms with Gasteiger partial charge in [0.05, 0.1) is 26.2 Å². The minimum absolute atomic E-state index is 0.289. The van der Waals surface area contributed by atoms with Gasteiger partial charge in [0.15, 0.2) is 0 Å². The molecule has 0 aliphatic carbocycles. The number of rotatable bonds is 3. The molecular formula is C10H4N2O8S-2. The topological polar surface area (TPSA) is 167 Å². The van der Waals surface area contributed by atoms with E-state index in [4.69, 9.17) is 0 Å². The quantitative estimate of drug-likeness (QED) is 0.451. The van der Waals surface area contributed by atoms with Crippen molar-refractivity contribution in [3.63, 3.8) is 0 Å². The second-order valence-electron chi connectivity index (χ2n) is 3.92. The van der Waals surface area contributed by atoms with Crippen molar-refractivity contribution in [3.05, 3.63) is 44.5 Å². The van der Waals surface area contributed by atoms with E-state index in [9.17, 15) is 38.3 Å². The first-order valence-corrected chi connectivity index (χ1v) is 6.56. The highest BCUT2D eigenvalue weighted by Gasteiger charge is 2.21. The van der Waals surface area contributed by atoms with Crippen LogP contribution in [0.4, 0.5) is 11.4 Å². The minimum atomic E-state index is -4.91. The van der Waals surface area contributed by atoms with Crippen molar-refractivity contribution >= 4 is 32.3 Å². The van der Waals surface area contributed by atoms with Gasteiger partial charge < -0.3 is 9.66 Å². The molecule has 0 atom stereocenters. The van der Waals surface area contributed by atoms with Crippen LogP contribution in [-0.2, 0) is 10.1 Å². The maximum Gasteiger partial charge on any atom is 0.284 e. The second kappa shape index (κ2) is 4.64. The summed E-state index contributed by atoms with van der Waals surface area (Å²) in [7, 11) is -4.91. The zero-order valence-electron chi connectivity index (χ0n) is 9.88. The van der Waals surface area contributed by atoms with E-state index in [1.807, 2.05) is 0 Å². The average Bonchev–Trinajstić information content (AvgIpc) is 2.36. The molecule has 110 valence electrons. The fourth-order valence-electron chi connectivity index (χ4n) is 1.79. The SMILES string of the molecule is O=[N+]([O-])c1cc([N+](=O)[O-])c2ccc(S(=O)(=O)[O-])cc2c1[O-]. The third kappa shape index (κ3) is 2.46. The number of benzene rings is 2. The molecule has 0 N–H and O–H groups in total. The highest BCUT2D eigenvalue weighted by atomic mass is 32.2. The summed E-state index contributed by atoms with van der Waals surface area (Å²) in [5.74, 6) is -1.20. The molecule has 2 aromatic carbocycles. The van der Waals surface area contributed by atoms with Gasteiger partial charge in [-0.1, -0.05) is 0 Å². The van der Waals surface area contributed by atoms with Crippen LogP contribution < -0.4 is 5.11 Å². The van der Waals surface area contributed by atoms with Crippen molar-refractivity contribution in [1.29, 1.82) is 0 Å². The van der Waals surface area contributed by atoms with E-state index in [2.05, 4.69) is 0 Å². The van der Waals surface area contributed by atoms with Crippen LogP contribution in [0.25, 0.3) is 10.8 Å². The van der Waals surface area contributed by atoms with E-state index in [1.165, 1.54) is 0 Å². The summed E-state index contributed by atoms with van der Waals surface area (Å²) < 4.78 is 32.7. The molecule has 21 heavy (non-hydrogen) atoms. The van der Waals surface area contributed by atoms with Crippen LogP contribution in [0.1, 0.15) is 0 Å². The maximum atomic E-state index is 11.9. The average molecular weight is 312 g/mol. The molecule has 11 heteroatoms. The predicted molar refractivity (Wildman–Crippen MR) is 64.7 cm³/mol. The number of nitrogens with zero attached hydrogens (tertiary/aromatic N) is 2. The normalized spacial score (nSPS) is 11.5. The molecule has 0 spiro atoms. The van der Waals surface area contributed by atoms with Gasteiger partial charge in [0.25, 0.3) is 11.4 Å². The van der Waals surface area contributed by atoms with E-state index in [0.29, 0.717) is 12.1 Å². The van der Waals surface area contributed by atoms with E-state index in [0.717, 1.165) is 12.1 Å². The summed E-state index contributed by atoms with van der Waals surface area (Å²) in [5.41, 5.74) is -1.80. The summed E-state index contributed by atoms with van der Waals surface area (Å²) >= 11 is 0. The van der Waals surface area contributed by atoms with Gasteiger partial charge in [-0.3, -0.25) is 20.2 Å². The molecule has 0 aliphatic heterocycles. The van der Waals surface area contributed by atoms with Gasteiger partial charge in [0.1, 0.15) is 10.1 Å². The standard InChI is InChI=1S/C10H6N2O8S/c13-10-7-3-5(21(18,19)20)1-2-6(7)8(11(14)15)4-9(10)12(16)17/h1-4,13H,(H,18,19,20)/p-2. The molecule has 0 aliphatic rings. The Bertz CT molecular complexity index is 890. The van der Waals surface area contributed by atoms with E-state index >= 15 is 0 Å². The number of fused-ring (bicyclic) bond motifs is 1. The van der Waals surface area contributed by atoms with Crippen molar-refractivity contribution in [3.8, 4) is 5.75 Å². The summed E-state index contributed by atoms with van der Waals surface area (Å²) in [5, 5.41) is 32.6. The Morgan fingerprint density at radius 2 is 1.48 bits per heavy atom. The predicted octanol–water partition coefficient (Wildman–Crippen LogP) is 0.634. The Morgan fingerprint density at radius 1 is 0.905 bits per heavy atom. The van der Waals surface area contributed by atoms with Crippen molar-refractivity contribution in [2.45, 2.75) is 4.90 Å².